The van der Waals surface area contributed by atoms with Crippen molar-refractivity contribution in [2.24, 2.45) is 23.7 Å². The highest BCUT2D eigenvalue weighted by atomic mass is 35.5. The number of nitrogens with one attached hydrogen (secondary N) is 2. The fourth-order valence-corrected chi connectivity index (χ4v) is 6.98. The maximum Gasteiger partial charge on any atom is 0.223 e. The molecule has 2 amide bonds. The van der Waals surface area contributed by atoms with Crippen LogP contribution in [0.2, 0.25) is 5.02 Å². The van der Waals surface area contributed by atoms with Crippen molar-refractivity contribution in [1.29, 1.82) is 0 Å². The van der Waals surface area contributed by atoms with Gasteiger partial charge in [0, 0.05) is 42.9 Å². The van der Waals surface area contributed by atoms with Gasteiger partial charge in [-0.3, -0.25) is 9.59 Å². The Balaban J connectivity index is 1.40. The molecular formula is C31H48ClN3O3. The van der Waals surface area contributed by atoms with Gasteiger partial charge in [0.15, 0.2) is 0 Å². The molecule has 1 heterocycles. The van der Waals surface area contributed by atoms with E-state index >= 15 is 0 Å². The number of rotatable bonds is 13. The van der Waals surface area contributed by atoms with Crippen LogP contribution in [0.1, 0.15) is 89.0 Å². The highest BCUT2D eigenvalue weighted by molar-refractivity contribution is 6.30. The normalized spacial score (nSPS) is 23.0. The first-order valence-corrected chi connectivity index (χ1v) is 15.5. The van der Waals surface area contributed by atoms with Gasteiger partial charge in [0.1, 0.15) is 0 Å². The molecule has 6 nitrogen and oxygen atoms in total. The minimum Gasteiger partial charge on any atom is -0.385 e. The Morgan fingerprint density at radius 3 is 2.63 bits per heavy atom. The van der Waals surface area contributed by atoms with Crippen molar-refractivity contribution in [3.05, 3.63) is 34.9 Å². The zero-order chi connectivity index (χ0) is 27.0. The molecule has 2 saturated carbocycles. The van der Waals surface area contributed by atoms with Crippen LogP contribution in [-0.4, -0.2) is 55.0 Å². The smallest absolute Gasteiger partial charge is 0.223 e. The van der Waals surface area contributed by atoms with Crippen LogP contribution in [0.4, 0.5) is 0 Å². The minimum atomic E-state index is -1.10. The summed E-state index contributed by atoms with van der Waals surface area (Å²) in [5.41, 5.74) is -0.288. The van der Waals surface area contributed by atoms with E-state index in [0.717, 1.165) is 56.7 Å². The third kappa shape index (κ3) is 8.19. The van der Waals surface area contributed by atoms with Crippen LogP contribution in [-0.2, 0) is 15.2 Å². The zero-order valence-corrected chi connectivity index (χ0v) is 24.0. The van der Waals surface area contributed by atoms with Gasteiger partial charge < -0.3 is 20.6 Å². The quantitative estimate of drug-likeness (QED) is 0.295. The topological polar surface area (TPSA) is 81.7 Å². The molecule has 4 rings (SSSR count). The van der Waals surface area contributed by atoms with E-state index in [-0.39, 0.29) is 23.7 Å². The number of halogens is 1. The second-order valence-corrected chi connectivity index (χ2v) is 12.6. The van der Waals surface area contributed by atoms with E-state index in [2.05, 4.69) is 10.6 Å². The monoisotopic (exact) mass is 545 g/mol. The molecule has 0 aromatic heterocycles. The average molecular weight is 546 g/mol. The summed E-state index contributed by atoms with van der Waals surface area (Å²) in [6.07, 6.45) is 13.2. The summed E-state index contributed by atoms with van der Waals surface area (Å²) in [5, 5.41) is 19.1. The molecule has 3 fully saturated rings. The summed E-state index contributed by atoms with van der Waals surface area (Å²) >= 11 is 6.34. The van der Waals surface area contributed by atoms with E-state index < -0.39 is 5.60 Å². The molecule has 1 saturated heterocycles. The van der Waals surface area contributed by atoms with Gasteiger partial charge in [-0.1, -0.05) is 55.8 Å². The van der Waals surface area contributed by atoms with Crippen molar-refractivity contribution in [3.63, 3.8) is 0 Å². The number of carbonyl (C=O) groups is 2. The Labute approximate surface area is 234 Å². The van der Waals surface area contributed by atoms with Crippen molar-refractivity contribution >= 4 is 23.4 Å². The number of carbonyl (C=O) groups excluding carboxylic acids is 2. The molecule has 38 heavy (non-hydrogen) atoms. The Bertz CT molecular complexity index is 917. The van der Waals surface area contributed by atoms with Gasteiger partial charge in [0.2, 0.25) is 11.8 Å². The first-order valence-electron chi connectivity index (χ1n) is 15.1. The van der Waals surface area contributed by atoms with Gasteiger partial charge in [0.25, 0.3) is 0 Å². The van der Waals surface area contributed by atoms with Crippen LogP contribution in [0.3, 0.4) is 0 Å². The van der Waals surface area contributed by atoms with Crippen molar-refractivity contribution in [1.82, 2.24) is 15.5 Å². The van der Waals surface area contributed by atoms with E-state index in [9.17, 15) is 14.7 Å². The number of nitrogens with zero attached hydrogens (tertiary/aromatic N) is 1. The van der Waals surface area contributed by atoms with Crippen LogP contribution in [0.25, 0.3) is 0 Å². The molecule has 3 atom stereocenters. The van der Waals surface area contributed by atoms with Gasteiger partial charge in [-0.2, -0.15) is 0 Å². The van der Waals surface area contributed by atoms with Crippen molar-refractivity contribution in [2.75, 3.05) is 33.2 Å². The summed E-state index contributed by atoms with van der Waals surface area (Å²) in [6, 6.07) is 7.52. The summed E-state index contributed by atoms with van der Waals surface area (Å²) < 4.78 is 0. The van der Waals surface area contributed by atoms with E-state index in [1.807, 2.05) is 36.2 Å². The summed E-state index contributed by atoms with van der Waals surface area (Å²) in [4.78, 5) is 27.6. The average Bonchev–Trinajstić information content (AvgIpc) is 3.77. The van der Waals surface area contributed by atoms with Gasteiger partial charge in [0.05, 0.1) is 5.60 Å². The maximum absolute atomic E-state index is 13.5. The summed E-state index contributed by atoms with van der Waals surface area (Å²) in [7, 11) is 1.98. The SMILES string of the molecule is CNC[C@@H](CC(=O)N1CCC[C@@H]([C@@](O)(CCCNC(=O)C2CC2)c2cccc(Cl)c2)C1)CC1CCCCC1. The number of piperidine rings is 1. The molecular weight excluding hydrogens is 498 g/mol. The van der Waals surface area contributed by atoms with Crippen LogP contribution in [0, 0.1) is 23.7 Å². The number of hydrogen-bond donors (Lipinski definition) is 3. The van der Waals surface area contributed by atoms with Crippen LogP contribution in [0.5, 0.6) is 0 Å². The Morgan fingerprint density at radius 2 is 1.92 bits per heavy atom. The molecule has 3 aliphatic rings. The standard InChI is InChI=1S/C31H48ClN3O3/c1-33-21-24(18-23-8-3-2-4-9-23)19-29(36)35-17-6-11-27(22-35)31(38,26-10-5-12-28(32)20-26)15-7-16-34-30(37)25-13-14-25/h5,10,12,20,23-25,27,33,38H,2-4,6-9,11,13-19,21-22H2,1H3,(H,34,37)/t24-,27-,31-/m1/s1. The van der Waals surface area contributed by atoms with Crippen molar-refractivity contribution < 1.29 is 14.7 Å². The number of aliphatic hydroxyl groups is 1. The Kier molecular flexibility index (Phi) is 10.9. The molecule has 7 heteroatoms. The van der Waals surface area contributed by atoms with Gasteiger partial charge >= 0.3 is 0 Å². The first kappa shape index (κ1) is 29.4. The van der Waals surface area contributed by atoms with E-state index in [0.29, 0.717) is 43.3 Å². The molecule has 1 aliphatic heterocycles. The second-order valence-electron chi connectivity index (χ2n) is 12.1. The van der Waals surface area contributed by atoms with E-state index in [4.69, 9.17) is 11.6 Å². The first-order chi connectivity index (χ1) is 18.4. The molecule has 2 aliphatic carbocycles. The molecule has 3 N–H and O–H groups in total. The van der Waals surface area contributed by atoms with Crippen LogP contribution in [0.15, 0.2) is 24.3 Å². The van der Waals surface area contributed by atoms with Crippen molar-refractivity contribution in [3.8, 4) is 0 Å². The maximum atomic E-state index is 13.5. The lowest BCUT2D eigenvalue weighted by atomic mass is 9.74. The van der Waals surface area contributed by atoms with Crippen molar-refractivity contribution in [2.45, 2.75) is 89.1 Å². The fourth-order valence-electron chi connectivity index (χ4n) is 6.79. The Hall–Kier alpha value is -1.63. The predicted octanol–water partition coefficient (Wildman–Crippen LogP) is 5.27. The van der Waals surface area contributed by atoms with E-state index in [1.165, 1.54) is 32.1 Å². The molecule has 0 bridgehead atoms. The van der Waals surface area contributed by atoms with Crippen LogP contribution >= 0.6 is 11.6 Å². The Morgan fingerprint density at radius 1 is 1.13 bits per heavy atom. The highest BCUT2D eigenvalue weighted by Gasteiger charge is 2.41. The fraction of sp³-hybridized carbons (Fsp3) is 0.742. The zero-order valence-electron chi connectivity index (χ0n) is 23.2. The number of likely N-dealkylation sites (tertiary alicyclic amines) is 1. The lowest BCUT2D eigenvalue weighted by Crippen LogP contribution is -2.49. The minimum absolute atomic E-state index is 0.0705. The van der Waals surface area contributed by atoms with E-state index in [1.54, 1.807) is 0 Å². The lowest BCUT2D eigenvalue weighted by Gasteiger charge is -2.43. The van der Waals surface area contributed by atoms with Crippen LogP contribution < -0.4 is 10.6 Å². The third-order valence-electron chi connectivity index (χ3n) is 9.10. The lowest BCUT2D eigenvalue weighted by molar-refractivity contribution is -0.138. The number of amides is 2. The summed E-state index contributed by atoms with van der Waals surface area (Å²) in [6.45, 7) is 2.75. The summed E-state index contributed by atoms with van der Waals surface area (Å²) in [5.74, 6) is 1.57. The van der Waals surface area contributed by atoms with Gasteiger partial charge in [-0.25, -0.2) is 0 Å². The number of hydrogen-bond acceptors (Lipinski definition) is 4. The highest BCUT2D eigenvalue weighted by Crippen LogP contribution is 2.40. The molecule has 212 valence electrons. The van der Waals surface area contributed by atoms with Gasteiger partial charge in [-0.15, -0.1) is 0 Å². The predicted molar refractivity (Wildman–Crippen MR) is 153 cm³/mol. The molecule has 0 radical (unpaired) electrons. The molecule has 1 aromatic rings. The molecule has 0 unspecified atom stereocenters. The number of benzene rings is 1. The van der Waals surface area contributed by atoms with Gasteiger partial charge in [-0.05, 0) is 88.1 Å². The third-order valence-corrected chi connectivity index (χ3v) is 9.34. The molecule has 1 aromatic carbocycles. The largest absolute Gasteiger partial charge is 0.385 e. The molecule has 0 spiro atoms. The second kappa shape index (κ2) is 14.1.